The van der Waals surface area contributed by atoms with Gasteiger partial charge in [0, 0.05) is 20.1 Å². The number of carbonyl (C=O) groups excluding carboxylic acids is 1. The van der Waals surface area contributed by atoms with Gasteiger partial charge >= 0.3 is 7.12 Å². The van der Waals surface area contributed by atoms with Crippen molar-refractivity contribution in [1.82, 2.24) is 5.32 Å². The lowest BCUT2D eigenvalue weighted by atomic mass is 9.61. The molecule has 0 aromatic rings. The first kappa shape index (κ1) is 25.3. The first-order valence-electron chi connectivity index (χ1n) is 10.8. The van der Waals surface area contributed by atoms with Crippen molar-refractivity contribution in [1.29, 1.82) is 0 Å². The van der Waals surface area contributed by atoms with Crippen LogP contribution in [-0.2, 0) is 18.5 Å². The van der Waals surface area contributed by atoms with E-state index in [1.807, 2.05) is 27.7 Å². The number of hydrogen-bond donors (Lipinski definition) is 1. The van der Waals surface area contributed by atoms with E-state index < -0.39 is 38.2 Å². The van der Waals surface area contributed by atoms with Gasteiger partial charge < -0.3 is 19.1 Å². The van der Waals surface area contributed by atoms with Gasteiger partial charge in [-0.1, -0.05) is 39.0 Å². The lowest BCUT2D eigenvalue weighted by Crippen LogP contribution is -2.50. The van der Waals surface area contributed by atoms with Gasteiger partial charge in [-0.25, -0.2) is 4.39 Å². The zero-order valence-corrected chi connectivity index (χ0v) is 21.3. The Balaban J connectivity index is 2.33. The molecule has 0 aromatic carbocycles. The van der Waals surface area contributed by atoms with Crippen LogP contribution in [0.5, 0.6) is 0 Å². The standard InChI is InChI=1S/C22H39BFNO4Si/c1-19(2,3)30(9,10)27-15-14-22(24)16(18(26)25-8)12-11-13-17(22)23-28-20(4,5)21(6,7)29-23/h11-13,16H,14-15H2,1-10H3,(H,25,26). The molecule has 1 fully saturated rings. The second kappa shape index (κ2) is 8.19. The van der Waals surface area contributed by atoms with E-state index in [4.69, 9.17) is 13.7 Å². The number of nitrogens with one attached hydrogen (secondary N) is 1. The van der Waals surface area contributed by atoms with E-state index in [0.717, 1.165) is 0 Å². The summed E-state index contributed by atoms with van der Waals surface area (Å²) in [6.07, 6.45) is 5.07. The Bertz CT molecular complexity index is 713. The lowest BCUT2D eigenvalue weighted by Gasteiger charge is -2.39. The van der Waals surface area contributed by atoms with Crippen LogP contribution < -0.4 is 5.32 Å². The molecule has 8 heteroatoms. The van der Waals surface area contributed by atoms with Crippen molar-refractivity contribution in [3.05, 3.63) is 23.7 Å². The summed E-state index contributed by atoms with van der Waals surface area (Å²) >= 11 is 0. The zero-order chi connectivity index (χ0) is 23.2. The van der Waals surface area contributed by atoms with Crippen molar-refractivity contribution in [2.24, 2.45) is 5.92 Å². The maximum absolute atomic E-state index is 16.8. The fraction of sp³-hybridized carbons (Fsp3) is 0.773. The van der Waals surface area contributed by atoms with Crippen molar-refractivity contribution in [2.75, 3.05) is 13.7 Å². The molecular formula is C22H39BFNO4Si. The molecule has 0 saturated carbocycles. The molecular weight excluding hydrogens is 400 g/mol. The molecule has 0 spiro atoms. The summed E-state index contributed by atoms with van der Waals surface area (Å²) in [5.74, 6) is -1.34. The molecule has 2 atom stereocenters. The number of alkyl halides is 1. The van der Waals surface area contributed by atoms with Crippen LogP contribution in [0.3, 0.4) is 0 Å². The van der Waals surface area contributed by atoms with Gasteiger partial charge in [0.15, 0.2) is 8.32 Å². The minimum absolute atomic E-state index is 0.0214. The van der Waals surface area contributed by atoms with Gasteiger partial charge in [-0.15, -0.1) is 0 Å². The van der Waals surface area contributed by atoms with Gasteiger partial charge in [0.05, 0.1) is 17.1 Å². The molecule has 5 nitrogen and oxygen atoms in total. The molecule has 1 aliphatic carbocycles. The summed E-state index contributed by atoms with van der Waals surface area (Å²) in [7, 11) is -1.38. The number of allylic oxidation sites excluding steroid dienone is 3. The van der Waals surface area contributed by atoms with Crippen LogP contribution in [0.4, 0.5) is 4.39 Å². The fourth-order valence-corrected chi connectivity index (χ4v) is 4.45. The van der Waals surface area contributed by atoms with Gasteiger partial charge in [-0.3, -0.25) is 4.79 Å². The third kappa shape index (κ3) is 4.61. The van der Waals surface area contributed by atoms with E-state index in [9.17, 15) is 4.79 Å². The third-order valence-corrected chi connectivity index (χ3v) is 11.9. The lowest BCUT2D eigenvalue weighted by molar-refractivity contribution is -0.126. The van der Waals surface area contributed by atoms with E-state index in [1.165, 1.54) is 7.05 Å². The van der Waals surface area contributed by atoms with Crippen LogP contribution in [0.15, 0.2) is 23.7 Å². The summed E-state index contributed by atoms with van der Waals surface area (Å²) in [5, 5.41) is 2.61. The molecule has 1 aliphatic heterocycles. The van der Waals surface area contributed by atoms with Crippen molar-refractivity contribution in [3.8, 4) is 0 Å². The highest BCUT2D eigenvalue weighted by Gasteiger charge is 2.59. The number of halogens is 1. The largest absolute Gasteiger partial charge is 0.493 e. The van der Waals surface area contributed by atoms with Crippen molar-refractivity contribution >= 4 is 21.3 Å². The maximum Gasteiger partial charge on any atom is 0.493 e. The molecule has 2 rings (SSSR count). The van der Waals surface area contributed by atoms with Crippen LogP contribution in [-0.4, -0.2) is 51.9 Å². The molecule has 0 radical (unpaired) electrons. The summed E-state index contributed by atoms with van der Waals surface area (Å²) in [6, 6.07) is 0. The van der Waals surface area contributed by atoms with Crippen molar-refractivity contribution in [3.63, 3.8) is 0 Å². The Kier molecular flexibility index (Phi) is 6.91. The normalized spacial score (nSPS) is 28.4. The summed E-state index contributed by atoms with van der Waals surface area (Å²) < 4.78 is 35.3. The minimum Gasteiger partial charge on any atom is -0.417 e. The topological polar surface area (TPSA) is 56.8 Å². The Labute approximate surface area is 183 Å². The Morgan fingerprint density at radius 2 is 1.77 bits per heavy atom. The highest BCUT2D eigenvalue weighted by molar-refractivity contribution is 6.74. The Hall–Kier alpha value is -0.958. The number of carbonyl (C=O) groups is 1. The van der Waals surface area contributed by atoms with Crippen LogP contribution >= 0.6 is 0 Å². The van der Waals surface area contributed by atoms with Gasteiger partial charge in [-0.05, 0) is 51.3 Å². The molecule has 1 amide bonds. The van der Waals surface area contributed by atoms with Crippen molar-refractivity contribution in [2.45, 2.75) is 89.9 Å². The molecule has 0 bridgehead atoms. The third-order valence-electron chi connectivity index (χ3n) is 7.32. The predicted octanol–water partition coefficient (Wildman–Crippen LogP) is 4.60. The number of rotatable bonds is 6. The van der Waals surface area contributed by atoms with E-state index in [2.05, 4.69) is 39.2 Å². The highest BCUT2D eigenvalue weighted by atomic mass is 28.4. The Morgan fingerprint density at radius 1 is 1.23 bits per heavy atom. The van der Waals surface area contributed by atoms with E-state index in [0.29, 0.717) is 5.47 Å². The molecule has 170 valence electrons. The summed E-state index contributed by atoms with van der Waals surface area (Å²) in [5.41, 5.74) is -2.81. The quantitative estimate of drug-likeness (QED) is 0.615. The molecule has 1 heterocycles. The van der Waals surface area contributed by atoms with E-state index >= 15 is 4.39 Å². The second-order valence-electron chi connectivity index (χ2n) is 10.9. The average Bonchev–Trinajstić information content (AvgIpc) is 2.80. The SMILES string of the molecule is CNC(=O)C1C=CC=C(B2OC(C)(C)C(C)(C)O2)C1(F)CCO[Si](C)(C)C(C)(C)C. The van der Waals surface area contributed by atoms with E-state index in [-0.39, 0.29) is 24.0 Å². The smallest absolute Gasteiger partial charge is 0.417 e. The van der Waals surface area contributed by atoms with Crippen LogP contribution in [0.2, 0.25) is 18.1 Å². The van der Waals surface area contributed by atoms with Gasteiger partial charge in [0.25, 0.3) is 0 Å². The van der Waals surface area contributed by atoms with Gasteiger partial charge in [0.1, 0.15) is 5.67 Å². The summed E-state index contributed by atoms with van der Waals surface area (Å²) in [4.78, 5) is 12.6. The molecule has 1 saturated heterocycles. The maximum atomic E-state index is 16.8. The fourth-order valence-electron chi connectivity index (χ4n) is 3.41. The van der Waals surface area contributed by atoms with Gasteiger partial charge in [-0.2, -0.15) is 0 Å². The molecule has 2 unspecified atom stereocenters. The minimum atomic E-state index is -2.05. The van der Waals surface area contributed by atoms with Crippen LogP contribution in [0, 0.1) is 5.92 Å². The van der Waals surface area contributed by atoms with Gasteiger partial charge in [0.2, 0.25) is 5.91 Å². The Morgan fingerprint density at radius 3 is 2.23 bits per heavy atom. The highest BCUT2D eigenvalue weighted by Crippen LogP contribution is 2.46. The number of amides is 1. The van der Waals surface area contributed by atoms with E-state index in [1.54, 1.807) is 18.2 Å². The molecule has 30 heavy (non-hydrogen) atoms. The number of hydrogen-bond acceptors (Lipinski definition) is 4. The van der Waals surface area contributed by atoms with Crippen molar-refractivity contribution < 1.29 is 22.9 Å². The zero-order valence-electron chi connectivity index (χ0n) is 20.3. The molecule has 0 aromatic heterocycles. The predicted molar refractivity (Wildman–Crippen MR) is 122 cm³/mol. The first-order chi connectivity index (χ1) is 13.5. The van der Waals surface area contributed by atoms with Crippen LogP contribution in [0.25, 0.3) is 0 Å². The monoisotopic (exact) mass is 439 g/mol. The summed E-state index contributed by atoms with van der Waals surface area (Å²) in [6.45, 7) is 18.7. The first-order valence-corrected chi connectivity index (χ1v) is 13.7. The molecule has 2 aliphatic rings. The average molecular weight is 439 g/mol. The molecule has 1 N–H and O–H groups in total. The second-order valence-corrected chi connectivity index (χ2v) is 15.7. The van der Waals surface area contributed by atoms with Crippen LogP contribution in [0.1, 0.15) is 54.9 Å².